The molecule has 9 heteroatoms. The molecule has 1 aliphatic heterocycles. The Morgan fingerprint density at radius 1 is 1.22 bits per heavy atom. The highest BCUT2D eigenvalue weighted by atomic mass is 35.5. The number of nitrogens with one attached hydrogen (secondary N) is 3. The Morgan fingerprint density at radius 3 is 2.76 bits per heavy atom. The Hall–Kier alpha value is -2.26. The van der Waals surface area contributed by atoms with Crippen molar-refractivity contribution < 1.29 is 13.9 Å². The van der Waals surface area contributed by atoms with E-state index >= 15 is 4.39 Å². The van der Waals surface area contributed by atoms with Gasteiger partial charge in [-0.25, -0.2) is 14.4 Å². The molecular formula is C28H39ClFN5O2. The maximum Gasteiger partial charge on any atom is 0.174 e. The first-order chi connectivity index (χ1) is 17.9. The molecule has 2 unspecified atom stereocenters. The zero-order chi connectivity index (χ0) is 26.3. The molecule has 7 nitrogen and oxygen atoms in total. The summed E-state index contributed by atoms with van der Waals surface area (Å²) >= 11 is 6.48. The number of ether oxygens (including phenoxy) is 2. The van der Waals surface area contributed by atoms with Crippen molar-refractivity contribution in [2.45, 2.75) is 63.1 Å². The number of anilines is 2. The van der Waals surface area contributed by atoms with Crippen LogP contribution in [-0.4, -0.2) is 61.1 Å². The summed E-state index contributed by atoms with van der Waals surface area (Å²) in [5.74, 6) is 0.906. The molecule has 3 N–H and O–H groups in total. The molecule has 2 aliphatic rings. The highest BCUT2D eigenvalue weighted by molar-refractivity contribution is 6.33. The molecule has 2 aromatic rings. The third kappa shape index (κ3) is 7.41. The largest absolute Gasteiger partial charge is 0.383 e. The Bertz CT molecular complexity index is 1050. The van der Waals surface area contributed by atoms with E-state index in [-0.39, 0.29) is 17.5 Å². The van der Waals surface area contributed by atoms with Crippen LogP contribution in [0, 0.1) is 11.7 Å². The van der Waals surface area contributed by atoms with Crippen molar-refractivity contribution in [3.8, 4) is 11.3 Å². The minimum Gasteiger partial charge on any atom is -0.383 e. The van der Waals surface area contributed by atoms with Crippen LogP contribution in [-0.2, 0) is 9.47 Å². The predicted molar refractivity (Wildman–Crippen MR) is 148 cm³/mol. The van der Waals surface area contributed by atoms with Gasteiger partial charge >= 0.3 is 0 Å². The summed E-state index contributed by atoms with van der Waals surface area (Å²) in [5.41, 5.74) is 0.446. The topological polar surface area (TPSA) is 80.3 Å². The van der Waals surface area contributed by atoms with Crippen LogP contribution < -0.4 is 16.0 Å². The van der Waals surface area contributed by atoms with Crippen molar-refractivity contribution >= 4 is 23.2 Å². The quantitative estimate of drug-likeness (QED) is 0.254. The number of aromatic nitrogens is 2. The summed E-state index contributed by atoms with van der Waals surface area (Å²) in [5, 5.41) is 10.6. The van der Waals surface area contributed by atoms with E-state index in [0.717, 1.165) is 51.6 Å². The molecule has 0 bridgehead atoms. The van der Waals surface area contributed by atoms with Crippen molar-refractivity contribution in [3.05, 3.63) is 47.9 Å². The van der Waals surface area contributed by atoms with Gasteiger partial charge in [-0.15, -0.1) is 6.58 Å². The fraction of sp³-hybridized carbons (Fsp3) is 0.571. The SMILES string of the molecule is C=CC1(C)CC(CNc2ccc(Cl)c(-c3ccnc(NC4CCC(NCCOC)CC4)c3F)n2)CCO1. The summed E-state index contributed by atoms with van der Waals surface area (Å²) in [4.78, 5) is 8.95. The van der Waals surface area contributed by atoms with E-state index in [1.165, 1.54) is 0 Å². The Kier molecular flexibility index (Phi) is 9.76. The standard InChI is InChI=1S/C28H39ClFN5O2/c1-4-28(2)17-19(12-15-37-28)18-33-24-10-9-23(29)26(35-24)22-11-13-32-27(25(22)30)34-21-7-5-20(6-8-21)31-14-16-36-3/h4,9-11,13,19-21,31H,1,5-8,12,14-18H2,2-3H3,(H,32,34)(H,33,35). The van der Waals surface area contributed by atoms with E-state index in [0.29, 0.717) is 47.3 Å². The molecule has 4 rings (SSSR count). The van der Waals surface area contributed by atoms with Gasteiger partial charge in [-0.2, -0.15) is 0 Å². The Morgan fingerprint density at radius 2 is 2.00 bits per heavy atom. The molecule has 0 amide bonds. The monoisotopic (exact) mass is 531 g/mol. The van der Waals surface area contributed by atoms with Crippen LogP contribution in [0.1, 0.15) is 45.4 Å². The maximum absolute atomic E-state index is 15.6. The van der Waals surface area contributed by atoms with Crippen LogP contribution in [0.3, 0.4) is 0 Å². The lowest BCUT2D eigenvalue weighted by Gasteiger charge is -2.36. The summed E-state index contributed by atoms with van der Waals surface area (Å²) < 4.78 is 26.6. The van der Waals surface area contributed by atoms with E-state index in [4.69, 9.17) is 21.1 Å². The predicted octanol–water partition coefficient (Wildman–Crippen LogP) is 5.68. The number of hydrogen-bond donors (Lipinski definition) is 3. The van der Waals surface area contributed by atoms with Gasteiger partial charge in [0, 0.05) is 50.7 Å². The van der Waals surface area contributed by atoms with Gasteiger partial charge in [-0.3, -0.25) is 0 Å². The van der Waals surface area contributed by atoms with E-state index < -0.39 is 5.82 Å². The zero-order valence-electron chi connectivity index (χ0n) is 21.9. The van der Waals surface area contributed by atoms with Crippen molar-refractivity contribution in [1.82, 2.24) is 15.3 Å². The molecule has 0 spiro atoms. The molecule has 0 aromatic carbocycles. The number of halogens is 2. The first-order valence-corrected chi connectivity index (χ1v) is 13.6. The van der Waals surface area contributed by atoms with E-state index in [2.05, 4.69) is 39.4 Å². The maximum atomic E-state index is 15.6. The molecular weight excluding hydrogens is 493 g/mol. The van der Waals surface area contributed by atoms with Gasteiger partial charge in [-0.05, 0) is 69.6 Å². The van der Waals surface area contributed by atoms with Crippen molar-refractivity contribution in [2.75, 3.05) is 44.0 Å². The van der Waals surface area contributed by atoms with Crippen molar-refractivity contribution in [3.63, 3.8) is 0 Å². The van der Waals surface area contributed by atoms with Crippen LogP contribution in [0.2, 0.25) is 5.02 Å². The van der Waals surface area contributed by atoms with Crippen LogP contribution in [0.25, 0.3) is 11.3 Å². The lowest BCUT2D eigenvalue weighted by Crippen LogP contribution is -2.38. The average Bonchev–Trinajstić information content (AvgIpc) is 2.91. The lowest BCUT2D eigenvalue weighted by molar-refractivity contribution is -0.0494. The molecule has 202 valence electrons. The van der Waals surface area contributed by atoms with Gasteiger partial charge in [0.1, 0.15) is 5.82 Å². The lowest BCUT2D eigenvalue weighted by atomic mass is 9.87. The van der Waals surface area contributed by atoms with Crippen LogP contribution in [0.5, 0.6) is 0 Å². The van der Waals surface area contributed by atoms with Crippen LogP contribution in [0.15, 0.2) is 37.1 Å². The number of rotatable bonds is 11. The Balaban J connectivity index is 1.39. The van der Waals surface area contributed by atoms with Gasteiger partial charge in [0.05, 0.1) is 22.9 Å². The van der Waals surface area contributed by atoms with Crippen molar-refractivity contribution in [2.24, 2.45) is 5.92 Å². The molecule has 1 saturated heterocycles. The molecule has 2 fully saturated rings. The molecule has 3 heterocycles. The fourth-order valence-electron chi connectivity index (χ4n) is 5.22. The second-order valence-electron chi connectivity index (χ2n) is 10.3. The highest BCUT2D eigenvalue weighted by Crippen LogP contribution is 2.33. The number of pyridine rings is 2. The molecule has 0 radical (unpaired) electrons. The number of methoxy groups -OCH3 is 1. The summed E-state index contributed by atoms with van der Waals surface area (Å²) in [7, 11) is 1.71. The first-order valence-electron chi connectivity index (χ1n) is 13.2. The average molecular weight is 532 g/mol. The smallest absolute Gasteiger partial charge is 0.174 e. The van der Waals surface area contributed by atoms with Gasteiger partial charge in [0.25, 0.3) is 0 Å². The van der Waals surface area contributed by atoms with Gasteiger partial charge in [-0.1, -0.05) is 17.7 Å². The Labute approximate surface area is 224 Å². The molecule has 1 aliphatic carbocycles. The van der Waals surface area contributed by atoms with E-state index in [9.17, 15) is 0 Å². The summed E-state index contributed by atoms with van der Waals surface area (Å²) in [6.45, 7) is 8.98. The molecule has 2 aromatic heterocycles. The molecule has 2 atom stereocenters. The van der Waals surface area contributed by atoms with Crippen LogP contribution >= 0.6 is 11.6 Å². The zero-order valence-corrected chi connectivity index (χ0v) is 22.6. The first kappa shape index (κ1) is 27.8. The van der Waals surface area contributed by atoms with E-state index in [1.807, 2.05) is 12.1 Å². The number of hydrogen-bond acceptors (Lipinski definition) is 7. The minimum atomic E-state index is -0.430. The summed E-state index contributed by atoms with van der Waals surface area (Å²) in [6, 6.07) is 5.87. The third-order valence-corrected chi connectivity index (χ3v) is 7.76. The minimum absolute atomic E-state index is 0.176. The second kappa shape index (κ2) is 13.0. The normalized spacial score (nSPS) is 26.0. The summed E-state index contributed by atoms with van der Waals surface area (Å²) in [6.07, 6.45) is 9.30. The fourth-order valence-corrected chi connectivity index (χ4v) is 5.42. The van der Waals surface area contributed by atoms with Gasteiger partial charge < -0.3 is 25.4 Å². The second-order valence-corrected chi connectivity index (χ2v) is 10.7. The molecule has 1 saturated carbocycles. The van der Waals surface area contributed by atoms with E-state index in [1.54, 1.807) is 25.4 Å². The third-order valence-electron chi connectivity index (χ3n) is 7.45. The van der Waals surface area contributed by atoms with Crippen LogP contribution in [0.4, 0.5) is 16.0 Å². The van der Waals surface area contributed by atoms with Gasteiger partial charge in [0.15, 0.2) is 11.6 Å². The number of nitrogens with zero attached hydrogens (tertiary/aromatic N) is 2. The van der Waals surface area contributed by atoms with Gasteiger partial charge in [0.2, 0.25) is 0 Å². The van der Waals surface area contributed by atoms with Crippen molar-refractivity contribution in [1.29, 1.82) is 0 Å². The molecule has 37 heavy (non-hydrogen) atoms. The highest BCUT2D eigenvalue weighted by Gasteiger charge is 2.30.